The molecule has 0 spiro atoms. The Labute approximate surface area is 169 Å². The van der Waals surface area contributed by atoms with Gasteiger partial charge in [0.2, 0.25) is 0 Å². The van der Waals surface area contributed by atoms with Crippen molar-refractivity contribution in [1.82, 2.24) is 0 Å². The second kappa shape index (κ2) is 7.79. The monoisotopic (exact) mass is 386 g/mol. The maximum Gasteiger partial charge on any atom is 0.136 e. The lowest BCUT2D eigenvalue weighted by Gasteiger charge is -2.26. The molecule has 0 atom stereocenters. The van der Waals surface area contributed by atoms with E-state index < -0.39 is 0 Å². The normalized spacial score (nSPS) is 12.3. The number of hydrogen-bond acceptors (Lipinski definition) is 3. The van der Waals surface area contributed by atoms with Gasteiger partial charge in [0.05, 0.1) is 16.4 Å². The van der Waals surface area contributed by atoms with Gasteiger partial charge < -0.3 is 9.84 Å². The number of hydrogen-bond donors (Lipinski definition) is 1. The van der Waals surface area contributed by atoms with Gasteiger partial charge in [0.25, 0.3) is 0 Å². The summed E-state index contributed by atoms with van der Waals surface area (Å²) in [5.74, 6) is 1.30. The lowest BCUT2D eigenvalue weighted by atomic mass is 9.85. The lowest BCUT2D eigenvalue weighted by Crippen LogP contribution is -2.14. The topological polar surface area (TPSA) is 29.5 Å². The highest BCUT2D eigenvalue weighted by atomic mass is 32.2. The van der Waals surface area contributed by atoms with E-state index in [1.54, 1.807) is 11.8 Å². The highest BCUT2D eigenvalue weighted by Gasteiger charge is 2.25. The molecule has 3 heteroatoms. The van der Waals surface area contributed by atoms with Crippen LogP contribution in [0.1, 0.15) is 70.7 Å². The average molecular weight is 387 g/mol. The van der Waals surface area contributed by atoms with E-state index in [0.29, 0.717) is 12.4 Å². The Hall–Kier alpha value is -1.61. The Bertz CT molecular complexity index is 824. The molecule has 2 aromatic carbocycles. The third kappa shape index (κ3) is 5.01. The molecule has 1 N–H and O–H groups in total. The number of benzene rings is 2. The molecule has 0 fully saturated rings. The van der Waals surface area contributed by atoms with Crippen LogP contribution in [0.25, 0.3) is 0 Å². The van der Waals surface area contributed by atoms with Crippen LogP contribution < -0.4 is 4.74 Å². The van der Waals surface area contributed by atoms with Gasteiger partial charge in [-0.2, -0.15) is 0 Å². The molecule has 148 valence electrons. The van der Waals surface area contributed by atoms with Gasteiger partial charge in [0, 0.05) is 11.1 Å². The summed E-state index contributed by atoms with van der Waals surface area (Å²) in [4.78, 5) is 1.94. The van der Waals surface area contributed by atoms with Gasteiger partial charge >= 0.3 is 0 Å². The van der Waals surface area contributed by atoms with E-state index in [1.165, 1.54) is 11.1 Å². The van der Waals surface area contributed by atoms with E-state index in [4.69, 9.17) is 4.74 Å². The first-order chi connectivity index (χ1) is 12.3. The number of phenolic OH excluding ortho intramolecular Hbond substituents is 1. The molecule has 0 aliphatic heterocycles. The fourth-order valence-electron chi connectivity index (χ4n) is 3.18. The molecule has 0 bridgehead atoms. The predicted molar refractivity (Wildman–Crippen MR) is 117 cm³/mol. The van der Waals surface area contributed by atoms with Crippen molar-refractivity contribution in [3.8, 4) is 11.5 Å². The SMILES string of the molecule is CCOc1c(Sc2cc(C)cc(C(C)(C)C)c2O)cc(C)cc1C(C)(C)C. The van der Waals surface area contributed by atoms with Crippen molar-refractivity contribution in [3.63, 3.8) is 0 Å². The minimum Gasteiger partial charge on any atom is -0.506 e. The van der Waals surface area contributed by atoms with Crippen LogP contribution in [0.5, 0.6) is 11.5 Å². The largest absolute Gasteiger partial charge is 0.506 e. The number of rotatable bonds is 4. The van der Waals surface area contributed by atoms with Crippen LogP contribution in [-0.4, -0.2) is 11.7 Å². The van der Waals surface area contributed by atoms with Gasteiger partial charge in [-0.05, 0) is 54.9 Å². The predicted octanol–water partition coefficient (Wildman–Crippen LogP) is 7.15. The van der Waals surface area contributed by atoms with Crippen LogP contribution >= 0.6 is 11.8 Å². The Morgan fingerprint density at radius 2 is 1.30 bits per heavy atom. The fraction of sp³-hybridized carbons (Fsp3) is 0.500. The molecular weight excluding hydrogens is 352 g/mol. The molecule has 2 aromatic rings. The highest BCUT2D eigenvalue weighted by molar-refractivity contribution is 7.99. The van der Waals surface area contributed by atoms with Crippen molar-refractivity contribution in [2.45, 2.75) is 82.9 Å². The van der Waals surface area contributed by atoms with Crippen molar-refractivity contribution in [3.05, 3.63) is 46.5 Å². The van der Waals surface area contributed by atoms with Gasteiger partial charge in [-0.15, -0.1) is 0 Å². The van der Waals surface area contributed by atoms with E-state index in [2.05, 4.69) is 79.7 Å². The Kier molecular flexibility index (Phi) is 6.26. The lowest BCUT2D eigenvalue weighted by molar-refractivity contribution is 0.321. The molecule has 0 unspecified atom stereocenters. The first-order valence-electron chi connectivity index (χ1n) is 9.64. The summed E-state index contributed by atoms with van der Waals surface area (Å²) in [7, 11) is 0. The first kappa shape index (κ1) is 21.7. The first-order valence-corrected chi connectivity index (χ1v) is 10.5. The van der Waals surface area contributed by atoms with E-state index in [0.717, 1.165) is 26.7 Å². The van der Waals surface area contributed by atoms with E-state index >= 15 is 0 Å². The summed E-state index contributed by atoms with van der Waals surface area (Å²) in [5.41, 5.74) is 4.41. The molecule has 0 saturated carbocycles. The van der Waals surface area contributed by atoms with Crippen molar-refractivity contribution >= 4 is 11.8 Å². The van der Waals surface area contributed by atoms with Crippen LogP contribution in [0.15, 0.2) is 34.1 Å². The van der Waals surface area contributed by atoms with Crippen LogP contribution in [0.2, 0.25) is 0 Å². The molecule has 0 aliphatic rings. The van der Waals surface area contributed by atoms with Crippen molar-refractivity contribution in [2.75, 3.05) is 6.61 Å². The summed E-state index contributed by atoms with van der Waals surface area (Å²) < 4.78 is 6.09. The average Bonchev–Trinajstić information content (AvgIpc) is 2.50. The molecular formula is C24H34O2S. The van der Waals surface area contributed by atoms with E-state index in [-0.39, 0.29) is 10.8 Å². The summed E-state index contributed by atoms with van der Waals surface area (Å²) in [6.07, 6.45) is 0. The zero-order valence-electron chi connectivity index (χ0n) is 18.3. The summed E-state index contributed by atoms with van der Waals surface area (Å²) in [5, 5.41) is 11.0. The van der Waals surface area contributed by atoms with Gasteiger partial charge in [0.15, 0.2) is 0 Å². The standard InChI is InChI=1S/C24H34O2S/c1-10-26-22-18(24(7,8)9)12-16(3)14-20(22)27-19-13-15(2)11-17(21(19)25)23(4,5)6/h11-14,25H,10H2,1-9H3. The van der Waals surface area contributed by atoms with Crippen molar-refractivity contribution in [2.24, 2.45) is 0 Å². The summed E-state index contributed by atoms with van der Waals surface area (Å²) >= 11 is 1.59. The number of aromatic hydroxyl groups is 1. The van der Waals surface area contributed by atoms with Crippen molar-refractivity contribution in [1.29, 1.82) is 0 Å². The molecule has 0 amide bonds. The molecule has 0 radical (unpaired) electrons. The third-order valence-corrected chi connectivity index (χ3v) is 5.60. The van der Waals surface area contributed by atoms with E-state index in [9.17, 15) is 5.11 Å². The van der Waals surface area contributed by atoms with Crippen LogP contribution in [-0.2, 0) is 10.8 Å². The molecule has 0 saturated heterocycles. The third-order valence-electron chi connectivity index (χ3n) is 4.54. The van der Waals surface area contributed by atoms with Gasteiger partial charge in [-0.1, -0.05) is 65.4 Å². The number of phenols is 1. The van der Waals surface area contributed by atoms with Crippen molar-refractivity contribution < 1.29 is 9.84 Å². The zero-order chi connectivity index (χ0) is 20.6. The summed E-state index contributed by atoms with van der Waals surface area (Å²) in [6, 6.07) is 8.51. The second-order valence-electron chi connectivity index (χ2n) is 9.33. The number of aryl methyl sites for hydroxylation is 2. The van der Waals surface area contributed by atoms with Gasteiger partial charge in [0.1, 0.15) is 11.5 Å². The Morgan fingerprint density at radius 3 is 1.78 bits per heavy atom. The van der Waals surface area contributed by atoms with Gasteiger partial charge in [-0.25, -0.2) is 0 Å². The van der Waals surface area contributed by atoms with Crippen LogP contribution in [0.3, 0.4) is 0 Å². The Balaban J connectivity index is 2.65. The molecule has 0 heterocycles. The van der Waals surface area contributed by atoms with Gasteiger partial charge in [-0.3, -0.25) is 0 Å². The number of ether oxygens (including phenoxy) is 1. The molecule has 2 nitrogen and oxygen atoms in total. The molecule has 0 aromatic heterocycles. The highest BCUT2D eigenvalue weighted by Crippen LogP contribution is 2.47. The quantitative estimate of drug-likeness (QED) is 0.605. The minimum absolute atomic E-state index is 0.0168. The molecule has 0 aliphatic carbocycles. The smallest absolute Gasteiger partial charge is 0.136 e. The van der Waals surface area contributed by atoms with E-state index in [1.807, 2.05) is 6.92 Å². The van der Waals surface area contributed by atoms with Crippen LogP contribution in [0.4, 0.5) is 0 Å². The fourth-order valence-corrected chi connectivity index (χ4v) is 4.37. The molecule has 27 heavy (non-hydrogen) atoms. The summed E-state index contributed by atoms with van der Waals surface area (Å²) in [6.45, 7) is 19.9. The minimum atomic E-state index is -0.114. The second-order valence-corrected chi connectivity index (χ2v) is 10.4. The maximum atomic E-state index is 11.0. The molecule has 2 rings (SSSR count). The zero-order valence-corrected chi connectivity index (χ0v) is 19.1. The van der Waals surface area contributed by atoms with Crippen LogP contribution in [0, 0.1) is 13.8 Å². The maximum absolute atomic E-state index is 11.0. The Morgan fingerprint density at radius 1 is 0.815 bits per heavy atom.